The number of ether oxygens (including phenoxy) is 2. The van der Waals surface area contributed by atoms with Crippen LogP contribution in [0.2, 0.25) is 0 Å². The zero-order valence-corrected chi connectivity index (χ0v) is 15.3. The number of terminal acetylenes is 1. The molecule has 4 heteroatoms. The summed E-state index contributed by atoms with van der Waals surface area (Å²) in [5.74, 6) is 2.63. The monoisotopic (exact) mass is 351 g/mol. The Labute approximate surface area is 155 Å². The molecule has 0 unspecified atom stereocenters. The average molecular weight is 351 g/mol. The summed E-state index contributed by atoms with van der Waals surface area (Å²) < 4.78 is 16.6. The summed E-state index contributed by atoms with van der Waals surface area (Å²) in [6.45, 7) is 6.02. The van der Waals surface area contributed by atoms with Gasteiger partial charge < -0.3 is 19.2 Å². The van der Waals surface area contributed by atoms with E-state index in [-0.39, 0.29) is 0 Å². The van der Waals surface area contributed by atoms with Crippen LogP contribution in [0.5, 0.6) is 0 Å². The Morgan fingerprint density at radius 3 is 2.69 bits per heavy atom. The summed E-state index contributed by atoms with van der Waals surface area (Å²) in [7, 11) is 0. The highest BCUT2D eigenvalue weighted by molar-refractivity contribution is 5.57. The maximum atomic E-state index is 5.65. The SMILES string of the molecule is C#C.C/C=C1/OCO/C1=C(/C)CCNCc1coc(-c2ccccc2)c1. The van der Waals surface area contributed by atoms with Crippen LogP contribution in [0.15, 0.2) is 70.2 Å². The largest absolute Gasteiger partial charge is 0.464 e. The zero-order valence-electron chi connectivity index (χ0n) is 15.3. The van der Waals surface area contributed by atoms with Crippen molar-refractivity contribution in [2.75, 3.05) is 13.3 Å². The Hall–Kier alpha value is -2.90. The van der Waals surface area contributed by atoms with Gasteiger partial charge in [0.15, 0.2) is 11.5 Å². The maximum absolute atomic E-state index is 5.65. The molecular weight excluding hydrogens is 326 g/mol. The van der Waals surface area contributed by atoms with Crippen molar-refractivity contribution < 1.29 is 13.9 Å². The van der Waals surface area contributed by atoms with E-state index in [9.17, 15) is 0 Å². The number of nitrogens with one attached hydrogen (secondary N) is 1. The molecule has 1 aromatic heterocycles. The van der Waals surface area contributed by atoms with Gasteiger partial charge in [-0.1, -0.05) is 30.3 Å². The summed E-state index contributed by atoms with van der Waals surface area (Å²) in [6, 6.07) is 12.2. The fourth-order valence-corrected chi connectivity index (χ4v) is 2.68. The van der Waals surface area contributed by atoms with E-state index in [2.05, 4.69) is 31.2 Å². The van der Waals surface area contributed by atoms with Crippen molar-refractivity contribution in [1.29, 1.82) is 0 Å². The van der Waals surface area contributed by atoms with E-state index >= 15 is 0 Å². The van der Waals surface area contributed by atoms with Gasteiger partial charge in [0.2, 0.25) is 6.79 Å². The number of allylic oxidation sites excluding steroid dienone is 1. The van der Waals surface area contributed by atoms with Gasteiger partial charge in [0.05, 0.1) is 6.26 Å². The molecule has 1 aliphatic rings. The predicted octanol–water partition coefficient (Wildman–Crippen LogP) is 4.86. The third kappa shape index (κ3) is 5.05. The lowest BCUT2D eigenvalue weighted by Gasteiger charge is -2.06. The fraction of sp³-hybridized carbons (Fsp3) is 0.273. The summed E-state index contributed by atoms with van der Waals surface area (Å²) >= 11 is 0. The first-order chi connectivity index (χ1) is 12.8. The molecule has 0 spiro atoms. The van der Waals surface area contributed by atoms with Crippen molar-refractivity contribution in [3.8, 4) is 24.2 Å². The van der Waals surface area contributed by atoms with Crippen molar-refractivity contribution in [3.05, 3.63) is 71.4 Å². The molecule has 1 aliphatic heterocycles. The molecule has 1 aromatic carbocycles. The highest BCUT2D eigenvalue weighted by Gasteiger charge is 2.17. The van der Waals surface area contributed by atoms with Gasteiger partial charge in [0.25, 0.3) is 0 Å². The van der Waals surface area contributed by atoms with Gasteiger partial charge in [-0.15, -0.1) is 12.8 Å². The van der Waals surface area contributed by atoms with Gasteiger partial charge in [-0.2, -0.15) is 0 Å². The van der Waals surface area contributed by atoms with Crippen molar-refractivity contribution in [2.24, 2.45) is 0 Å². The topological polar surface area (TPSA) is 43.6 Å². The third-order valence-electron chi connectivity index (χ3n) is 4.01. The molecule has 0 amide bonds. The average Bonchev–Trinajstić information content (AvgIpc) is 3.36. The van der Waals surface area contributed by atoms with Crippen LogP contribution >= 0.6 is 0 Å². The van der Waals surface area contributed by atoms with Crippen LogP contribution < -0.4 is 5.32 Å². The van der Waals surface area contributed by atoms with Crippen LogP contribution in [0.3, 0.4) is 0 Å². The Morgan fingerprint density at radius 1 is 1.19 bits per heavy atom. The highest BCUT2D eigenvalue weighted by Crippen LogP contribution is 2.25. The van der Waals surface area contributed by atoms with Gasteiger partial charge in [0.1, 0.15) is 5.76 Å². The number of rotatable bonds is 6. The first-order valence-corrected chi connectivity index (χ1v) is 8.57. The molecule has 136 valence electrons. The molecule has 2 aromatic rings. The molecule has 0 radical (unpaired) electrons. The first-order valence-electron chi connectivity index (χ1n) is 8.57. The van der Waals surface area contributed by atoms with Gasteiger partial charge in [-0.25, -0.2) is 0 Å². The molecule has 0 saturated carbocycles. The van der Waals surface area contributed by atoms with E-state index in [1.165, 1.54) is 5.57 Å². The van der Waals surface area contributed by atoms with Crippen molar-refractivity contribution in [3.63, 3.8) is 0 Å². The Morgan fingerprint density at radius 2 is 1.96 bits per heavy atom. The van der Waals surface area contributed by atoms with Crippen molar-refractivity contribution in [2.45, 2.75) is 26.8 Å². The van der Waals surface area contributed by atoms with Crippen LogP contribution in [0, 0.1) is 12.8 Å². The lowest BCUT2D eigenvalue weighted by atomic mass is 10.1. The van der Waals surface area contributed by atoms with Crippen LogP contribution in [0.1, 0.15) is 25.8 Å². The van der Waals surface area contributed by atoms with E-state index in [1.807, 2.05) is 49.6 Å². The molecule has 26 heavy (non-hydrogen) atoms. The van der Waals surface area contributed by atoms with Crippen molar-refractivity contribution in [1.82, 2.24) is 5.32 Å². The lowest BCUT2D eigenvalue weighted by molar-refractivity contribution is 0.0967. The molecule has 0 bridgehead atoms. The Balaban J connectivity index is 0.00000117. The fourth-order valence-electron chi connectivity index (χ4n) is 2.68. The number of hydrogen-bond acceptors (Lipinski definition) is 4. The highest BCUT2D eigenvalue weighted by atomic mass is 16.7. The molecule has 0 atom stereocenters. The standard InChI is InChI=1S/C20H23NO3.C2H2/c1-3-18-20(24-14-23-18)15(2)9-10-21-12-16-11-19(22-13-16)17-7-5-4-6-8-17;1-2/h3-8,11,13,21H,9-10,12,14H2,1-2H3;1-2H/b18-3+,20-15-;. The minimum atomic E-state index is 0.317. The molecule has 3 rings (SSSR count). The summed E-state index contributed by atoms with van der Waals surface area (Å²) in [4.78, 5) is 0. The second-order valence-electron chi connectivity index (χ2n) is 5.78. The number of hydrogen-bond donors (Lipinski definition) is 1. The van der Waals surface area contributed by atoms with Crippen LogP contribution in [0.4, 0.5) is 0 Å². The number of benzene rings is 1. The predicted molar refractivity (Wildman–Crippen MR) is 104 cm³/mol. The van der Waals surface area contributed by atoms with Crippen LogP contribution in [0.25, 0.3) is 11.3 Å². The van der Waals surface area contributed by atoms with E-state index in [4.69, 9.17) is 13.9 Å². The van der Waals surface area contributed by atoms with E-state index in [0.29, 0.717) is 6.79 Å². The zero-order chi connectivity index (χ0) is 18.8. The second kappa shape index (κ2) is 10.2. The van der Waals surface area contributed by atoms with Crippen molar-refractivity contribution >= 4 is 0 Å². The molecule has 1 N–H and O–H groups in total. The summed E-state index contributed by atoms with van der Waals surface area (Å²) in [5.41, 5.74) is 3.45. The summed E-state index contributed by atoms with van der Waals surface area (Å²) in [5, 5.41) is 3.44. The van der Waals surface area contributed by atoms with E-state index < -0.39 is 0 Å². The quantitative estimate of drug-likeness (QED) is 0.596. The second-order valence-corrected chi connectivity index (χ2v) is 5.78. The van der Waals surface area contributed by atoms with Gasteiger partial charge >= 0.3 is 0 Å². The lowest BCUT2D eigenvalue weighted by Crippen LogP contribution is -2.14. The first kappa shape index (κ1) is 19.4. The minimum absolute atomic E-state index is 0.317. The van der Waals surface area contributed by atoms with Crippen LogP contribution in [-0.4, -0.2) is 13.3 Å². The molecule has 1 fully saturated rings. The normalized spacial score (nSPS) is 16.4. The minimum Gasteiger partial charge on any atom is -0.464 e. The Kier molecular flexibility index (Phi) is 7.60. The maximum Gasteiger partial charge on any atom is 0.231 e. The molecule has 0 aliphatic carbocycles. The molecular formula is C22H25NO3. The molecule has 4 nitrogen and oxygen atoms in total. The van der Waals surface area contributed by atoms with Gasteiger partial charge in [-0.3, -0.25) is 0 Å². The van der Waals surface area contributed by atoms with E-state index in [1.54, 1.807) is 0 Å². The molecule has 1 saturated heterocycles. The number of furan rings is 1. The van der Waals surface area contributed by atoms with Crippen LogP contribution in [-0.2, 0) is 16.0 Å². The summed E-state index contributed by atoms with van der Waals surface area (Å²) in [6.07, 6.45) is 12.7. The van der Waals surface area contributed by atoms with Gasteiger partial charge in [0, 0.05) is 17.7 Å². The van der Waals surface area contributed by atoms with E-state index in [0.717, 1.165) is 47.9 Å². The smallest absolute Gasteiger partial charge is 0.231 e. The van der Waals surface area contributed by atoms with Gasteiger partial charge in [-0.05, 0) is 44.5 Å². The molecule has 2 heterocycles. The third-order valence-corrected chi connectivity index (χ3v) is 4.01. The Bertz CT molecular complexity index is 769.